The summed E-state index contributed by atoms with van der Waals surface area (Å²) < 4.78 is 0. The highest BCUT2D eigenvalue weighted by molar-refractivity contribution is 5.76. The summed E-state index contributed by atoms with van der Waals surface area (Å²) in [5, 5.41) is 11.6. The summed E-state index contributed by atoms with van der Waals surface area (Å²) in [4.78, 5) is 24.1. The van der Waals surface area contributed by atoms with Crippen molar-refractivity contribution in [1.29, 1.82) is 0 Å². The van der Waals surface area contributed by atoms with Crippen LogP contribution in [-0.4, -0.2) is 40.6 Å². The van der Waals surface area contributed by atoms with Gasteiger partial charge in [-0.05, 0) is 26.2 Å². The van der Waals surface area contributed by atoms with E-state index in [-0.39, 0.29) is 24.5 Å². The number of hydrogen-bond acceptors (Lipinski definition) is 2. The number of nitrogens with one attached hydrogen (secondary N) is 1. The second-order valence-corrected chi connectivity index (χ2v) is 4.35. The van der Waals surface area contributed by atoms with Crippen LogP contribution in [0.25, 0.3) is 0 Å². The number of aliphatic carboxylic acids is 1. The molecule has 1 fully saturated rings. The number of carboxylic acids is 1. The quantitative estimate of drug-likeness (QED) is 0.764. The van der Waals surface area contributed by atoms with E-state index in [2.05, 4.69) is 5.32 Å². The van der Waals surface area contributed by atoms with Crippen LogP contribution in [-0.2, 0) is 4.79 Å². The fraction of sp³-hybridized carbons (Fsp3) is 0.818. The van der Waals surface area contributed by atoms with Gasteiger partial charge in [-0.2, -0.15) is 0 Å². The summed E-state index contributed by atoms with van der Waals surface area (Å²) in [7, 11) is 0. The van der Waals surface area contributed by atoms with Gasteiger partial charge in [-0.15, -0.1) is 0 Å². The van der Waals surface area contributed by atoms with E-state index < -0.39 is 5.97 Å². The Morgan fingerprint density at radius 1 is 1.56 bits per heavy atom. The third kappa shape index (κ3) is 3.40. The van der Waals surface area contributed by atoms with Gasteiger partial charge in [0.25, 0.3) is 0 Å². The lowest BCUT2D eigenvalue weighted by Crippen LogP contribution is -2.46. The van der Waals surface area contributed by atoms with Crippen LogP contribution >= 0.6 is 0 Å². The molecule has 5 nitrogen and oxygen atoms in total. The predicted molar refractivity (Wildman–Crippen MR) is 60.3 cm³/mol. The van der Waals surface area contributed by atoms with Crippen LogP contribution in [0.4, 0.5) is 4.79 Å². The van der Waals surface area contributed by atoms with Crippen LogP contribution in [0.3, 0.4) is 0 Å². The average Bonchev–Trinajstić information content (AvgIpc) is 2.64. The molecule has 2 amide bonds. The van der Waals surface area contributed by atoms with Gasteiger partial charge in [0.05, 0.1) is 6.42 Å². The van der Waals surface area contributed by atoms with Crippen molar-refractivity contribution in [2.45, 2.75) is 51.6 Å². The molecule has 1 aliphatic rings. The molecule has 2 atom stereocenters. The van der Waals surface area contributed by atoms with Crippen LogP contribution in [0.15, 0.2) is 0 Å². The Morgan fingerprint density at radius 3 is 2.81 bits per heavy atom. The minimum atomic E-state index is -0.840. The van der Waals surface area contributed by atoms with Gasteiger partial charge >= 0.3 is 12.0 Å². The Kier molecular flexibility index (Phi) is 4.58. The predicted octanol–water partition coefficient (Wildman–Crippen LogP) is 1.43. The molecule has 2 unspecified atom stereocenters. The number of carbonyl (C=O) groups is 2. The first-order valence-corrected chi connectivity index (χ1v) is 5.83. The largest absolute Gasteiger partial charge is 0.481 e. The molecule has 1 heterocycles. The van der Waals surface area contributed by atoms with Gasteiger partial charge in [0.1, 0.15) is 0 Å². The maximum absolute atomic E-state index is 11.8. The third-order valence-electron chi connectivity index (χ3n) is 3.03. The van der Waals surface area contributed by atoms with E-state index in [1.807, 2.05) is 13.8 Å². The molecule has 5 heteroatoms. The van der Waals surface area contributed by atoms with Gasteiger partial charge in [0.2, 0.25) is 0 Å². The number of carbonyl (C=O) groups excluding carboxylic acids is 1. The van der Waals surface area contributed by atoms with Crippen LogP contribution in [0.1, 0.15) is 39.5 Å². The van der Waals surface area contributed by atoms with Gasteiger partial charge in [-0.25, -0.2) is 4.79 Å². The number of hydrogen-bond donors (Lipinski definition) is 2. The second-order valence-electron chi connectivity index (χ2n) is 4.35. The molecule has 0 radical (unpaired) electrons. The van der Waals surface area contributed by atoms with Crippen molar-refractivity contribution in [3.8, 4) is 0 Å². The summed E-state index contributed by atoms with van der Waals surface area (Å²) in [6.07, 6.45) is 2.61. The Morgan fingerprint density at radius 2 is 2.25 bits per heavy atom. The van der Waals surface area contributed by atoms with Gasteiger partial charge in [0, 0.05) is 18.6 Å². The molecule has 0 spiro atoms. The van der Waals surface area contributed by atoms with Crippen molar-refractivity contribution in [2.75, 3.05) is 6.54 Å². The molecule has 1 aliphatic heterocycles. The van der Waals surface area contributed by atoms with Crippen LogP contribution in [0.5, 0.6) is 0 Å². The molecule has 0 aromatic heterocycles. The third-order valence-corrected chi connectivity index (χ3v) is 3.03. The molecular formula is C11H20N2O3. The number of nitrogens with zero attached hydrogens (tertiary/aromatic N) is 1. The van der Waals surface area contributed by atoms with E-state index in [4.69, 9.17) is 5.11 Å². The molecule has 1 rings (SSSR count). The highest BCUT2D eigenvalue weighted by Crippen LogP contribution is 2.20. The highest BCUT2D eigenvalue weighted by atomic mass is 16.4. The zero-order valence-electron chi connectivity index (χ0n) is 9.90. The molecule has 1 saturated heterocycles. The maximum Gasteiger partial charge on any atom is 0.317 e. The average molecular weight is 228 g/mol. The summed E-state index contributed by atoms with van der Waals surface area (Å²) in [5.41, 5.74) is 0. The molecular weight excluding hydrogens is 208 g/mol. The van der Waals surface area contributed by atoms with Gasteiger partial charge < -0.3 is 15.3 Å². The summed E-state index contributed by atoms with van der Waals surface area (Å²) in [5.74, 6) is -0.840. The number of carboxylic acid groups (broad SMARTS) is 1. The van der Waals surface area contributed by atoms with Crippen molar-refractivity contribution in [3.63, 3.8) is 0 Å². The molecule has 92 valence electrons. The molecule has 2 N–H and O–H groups in total. The van der Waals surface area contributed by atoms with Gasteiger partial charge in [-0.3, -0.25) is 4.79 Å². The Hall–Kier alpha value is -1.26. The summed E-state index contributed by atoms with van der Waals surface area (Å²) >= 11 is 0. The Balaban J connectivity index is 2.50. The lowest BCUT2D eigenvalue weighted by molar-refractivity contribution is -0.137. The summed E-state index contributed by atoms with van der Waals surface area (Å²) in [6.45, 7) is 4.62. The first-order chi connectivity index (χ1) is 7.54. The highest BCUT2D eigenvalue weighted by Gasteiger charge is 2.30. The monoisotopic (exact) mass is 228 g/mol. The SMILES string of the molecule is CCC(C)NC(=O)N1CCCC1CC(=O)O. The van der Waals surface area contributed by atoms with E-state index in [9.17, 15) is 9.59 Å². The van der Waals surface area contributed by atoms with Crippen LogP contribution in [0, 0.1) is 0 Å². The van der Waals surface area contributed by atoms with Crippen molar-refractivity contribution in [3.05, 3.63) is 0 Å². The Labute approximate surface area is 95.8 Å². The number of likely N-dealkylation sites (tertiary alicyclic amines) is 1. The smallest absolute Gasteiger partial charge is 0.317 e. The fourth-order valence-corrected chi connectivity index (χ4v) is 1.91. The molecule has 0 aliphatic carbocycles. The van der Waals surface area contributed by atoms with Crippen LogP contribution in [0.2, 0.25) is 0 Å². The normalized spacial score (nSPS) is 21.9. The molecule has 0 bridgehead atoms. The first-order valence-electron chi connectivity index (χ1n) is 5.83. The van der Waals surface area contributed by atoms with Gasteiger partial charge in [0.15, 0.2) is 0 Å². The minimum absolute atomic E-state index is 0.0495. The maximum atomic E-state index is 11.8. The minimum Gasteiger partial charge on any atom is -0.481 e. The molecule has 0 aromatic carbocycles. The summed E-state index contributed by atoms with van der Waals surface area (Å²) in [6, 6.07) is -0.127. The van der Waals surface area contributed by atoms with E-state index in [0.29, 0.717) is 6.54 Å². The van der Waals surface area contributed by atoms with E-state index in [1.165, 1.54) is 0 Å². The van der Waals surface area contributed by atoms with Crippen molar-refractivity contribution in [2.24, 2.45) is 0 Å². The zero-order chi connectivity index (χ0) is 12.1. The van der Waals surface area contributed by atoms with Crippen molar-refractivity contribution >= 4 is 12.0 Å². The first kappa shape index (κ1) is 12.8. The number of amides is 2. The molecule has 0 saturated carbocycles. The fourth-order valence-electron chi connectivity index (χ4n) is 1.91. The lowest BCUT2D eigenvalue weighted by atomic mass is 10.1. The van der Waals surface area contributed by atoms with Crippen molar-refractivity contribution < 1.29 is 14.7 Å². The van der Waals surface area contributed by atoms with E-state index >= 15 is 0 Å². The second kappa shape index (κ2) is 5.72. The Bertz CT molecular complexity index is 268. The number of urea groups is 1. The van der Waals surface area contributed by atoms with Gasteiger partial charge in [-0.1, -0.05) is 6.92 Å². The van der Waals surface area contributed by atoms with E-state index in [1.54, 1.807) is 4.90 Å². The topological polar surface area (TPSA) is 69.6 Å². The molecule has 0 aromatic rings. The molecule has 16 heavy (non-hydrogen) atoms. The zero-order valence-corrected chi connectivity index (χ0v) is 9.90. The van der Waals surface area contributed by atoms with E-state index in [0.717, 1.165) is 19.3 Å². The number of rotatable bonds is 4. The van der Waals surface area contributed by atoms with Crippen molar-refractivity contribution in [1.82, 2.24) is 10.2 Å². The standard InChI is InChI=1S/C11H20N2O3/c1-3-8(2)12-11(16)13-6-4-5-9(13)7-10(14)15/h8-9H,3-7H2,1-2H3,(H,12,16)(H,14,15). The lowest BCUT2D eigenvalue weighted by Gasteiger charge is -2.25. The van der Waals surface area contributed by atoms with Crippen LogP contribution < -0.4 is 5.32 Å².